The van der Waals surface area contributed by atoms with Gasteiger partial charge in [-0.1, -0.05) is 139 Å². The van der Waals surface area contributed by atoms with Crippen LogP contribution in [0.5, 0.6) is 0 Å². The van der Waals surface area contributed by atoms with Crippen LogP contribution in [0, 0.1) is 5.41 Å². The predicted octanol–water partition coefficient (Wildman–Crippen LogP) is 10.8. The highest BCUT2D eigenvalue weighted by molar-refractivity contribution is 5.37. The Labute approximate surface area is 213 Å². The Morgan fingerprint density at radius 3 is 2.12 bits per heavy atom. The second kappa shape index (κ2) is 21.4. The van der Waals surface area contributed by atoms with Gasteiger partial charge in [0.2, 0.25) is 0 Å². The summed E-state index contributed by atoms with van der Waals surface area (Å²) in [4.78, 5) is 0. The topological polar surface area (TPSA) is 9.23 Å². The first-order valence-corrected chi connectivity index (χ1v) is 13.4. The van der Waals surface area contributed by atoms with Gasteiger partial charge in [0.15, 0.2) is 0 Å². The lowest BCUT2D eigenvalue weighted by Crippen LogP contribution is -2.19. The van der Waals surface area contributed by atoms with Crippen molar-refractivity contribution in [1.82, 2.24) is 0 Å². The van der Waals surface area contributed by atoms with Gasteiger partial charge in [0.25, 0.3) is 0 Å². The van der Waals surface area contributed by atoms with E-state index in [9.17, 15) is 0 Å². The third-order valence-corrected chi connectivity index (χ3v) is 5.41. The van der Waals surface area contributed by atoms with E-state index in [0.717, 1.165) is 0 Å². The lowest BCUT2D eigenvalue weighted by molar-refractivity contribution is 0.148. The minimum absolute atomic E-state index is 0.300. The smallest absolute Gasteiger partial charge is 0.0721 e. The standard InChI is InChI=1S/C27H36O.3C2H6/c1-22(16-17-26-24(3)13-10-19-27(26,4)5)11-9-12-23(2)18-20-28-21-25-14-7-6-8-15-25;3*1-2/h6-9,11-12,14-18H,10,13,19-21H2,1-5H3;3*1-2H3/b12-9+,17-16+,22-11+,23-18+;;;. The number of hydrogen-bond acceptors (Lipinski definition) is 1. The van der Waals surface area contributed by atoms with Crippen LogP contribution in [0.4, 0.5) is 0 Å². The van der Waals surface area contributed by atoms with E-state index in [-0.39, 0.29) is 0 Å². The third kappa shape index (κ3) is 14.9. The van der Waals surface area contributed by atoms with Crippen molar-refractivity contribution in [2.45, 2.75) is 102 Å². The van der Waals surface area contributed by atoms with E-state index >= 15 is 0 Å². The fourth-order valence-corrected chi connectivity index (χ4v) is 3.64. The zero-order chi connectivity index (χ0) is 26.4. The second-order valence-electron chi connectivity index (χ2n) is 8.48. The van der Waals surface area contributed by atoms with Crippen LogP contribution < -0.4 is 0 Å². The Morgan fingerprint density at radius 2 is 1.53 bits per heavy atom. The SMILES string of the molecule is CC.CC.CC.CC1=C(/C=C/C(C)=C/C=C/C(C)=C/COCc2ccccc2)C(C)(C)CCC1. The lowest BCUT2D eigenvalue weighted by atomic mass is 9.72. The van der Waals surface area contributed by atoms with E-state index in [4.69, 9.17) is 4.74 Å². The number of allylic oxidation sites excluding steroid dienone is 9. The fourth-order valence-electron chi connectivity index (χ4n) is 3.64. The minimum Gasteiger partial charge on any atom is -0.373 e. The maximum Gasteiger partial charge on any atom is 0.0721 e. The Kier molecular flexibility index (Phi) is 21.4. The van der Waals surface area contributed by atoms with Crippen LogP contribution in [-0.4, -0.2) is 6.61 Å². The van der Waals surface area contributed by atoms with Crippen molar-refractivity contribution in [3.05, 3.63) is 94.6 Å². The molecule has 34 heavy (non-hydrogen) atoms. The van der Waals surface area contributed by atoms with Crippen molar-refractivity contribution >= 4 is 0 Å². The number of benzene rings is 1. The molecule has 0 N–H and O–H groups in total. The van der Waals surface area contributed by atoms with Crippen LogP contribution in [0.1, 0.15) is 101 Å². The van der Waals surface area contributed by atoms with Crippen molar-refractivity contribution < 1.29 is 4.74 Å². The highest BCUT2D eigenvalue weighted by Gasteiger charge is 2.26. The molecule has 0 radical (unpaired) electrons. The average Bonchev–Trinajstić information content (AvgIpc) is 2.85. The van der Waals surface area contributed by atoms with Crippen molar-refractivity contribution in [2.75, 3.05) is 6.61 Å². The molecule has 1 nitrogen and oxygen atoms in total. The first-order chi connectivity index (χ1) is 16.4. The highest BCUT2D eigenvalue weighted by atomic mass is 16.5. The van der Waals surface area contributed by atoms with Crippen LogP contribution in [0.25, 0.3) is 0 Å². The number of hydrogen-bond donors (Lipinski definition) is 0. The van der Waals surface area contributed by atoms with Gasteiger partial charge in [-0.25, -0.2) is 0 Å². The summed E-state index contributed by atoms with van der Waals surface area (Å²) < 4.78 is 5.71. The minimum atomic E-state index is 0.300. The molecule has 2 rings (SSSR count). The molecule has 1 heteroatoms. The van der Waals surface area contributed by atoms with Gasteiger partial charge in [0.05, 0.1) is 13.2 Å². The Bertz CT molecular complexity index is 770. The van der Waals surface area contributed by atoms with E-state index in [2.05, 4.69) is 83.2 Å². The van der Waals surface area contributed by atoms with Crippen molar-refractivity contribution in [3.63, 3.8) is 0 Å². The molecule has 1 aliphatic rings. The number of ether oxygens (including phenoxy) is 1. The van der Waals surface area contributed by atoms with Gasteiger partial charge >= 0.3 is 0 Å². The Hall–Kier alpha value is -2.12. The van der Waals surface area contributed by atoms with E-state index < -0.39 is 0 Å². The zero-order valence-corrected chi connectivity index (χ0v) is 24.3. The second-order valence-corrected chi connectivity index (χ2v) is 8.48. The van der Waals surface area contributed by atoms with Gasteiger partial charge in [-0.3, -0.25) is 0 Å². The van der Waals surface area contributed by atoms with Crippen LogP contribution in [0.15, 0.2) is 89.1 Å². The molecule has 0 heterocycles. The molecule has 0 spiro atoms. The van der Waals surface area contributed by atoms with E-state index in [1.165, 1.54) is 41.5 Å². The van der Waals surface area contributed by atoms with Gasteiger partial charge in [-0.15, -0.1) is 0 Å². The average molecular weight is 467 g/mol. The maximum absolute atomic E-state index is 5.71. The molecule has 0 aromatic heterocycles. The van der Waals surface area contributed by atoms with Gasteiger partial charge in [-0.05, 0) is 56.6 Å². The molecule has 1 aromatic carbocycles. The third-order valence-electron chi connectivity index (χ3n) is 5.41. The molecule has 0 fully saturated rings. The molecule has 0 aliphatic heterocycles. The molecule has 1 aromatic rings. The quantitative estimate of drug-likeness (QED) is 0.273. The molecule has 0 unspecified atom stereocenters. The van der Waals surface area contributed by atoms with Gasteiger partial charge in [0.1, 0.15) is 0 Å². The summed E-state index contributed by atoms with van der Waals surface area (Å²) in [5.74, 6) is 0. The van der Waals surface area contributed by atoms with Crippen LogP contribution in [0.3, 0.4) is 0 Å². The summed E-state index contributed by atoms with van der Waals surface area (Å²) in [7, 11) is 0. The monoisotopic (exact) mass is 466 g/mol. The summed E-state index contributed by atoms with van der Waals surface area (Å²) in [6.45, 7) is 24.6. The first kappa shape index (κ1) is 34.0. The molecule has 0 amide bonds. The maximum atomic E-state index is 5.71. The van der Waals surface area contributed by atoms with Gasteiger partial charge in [0, 0.05) is 0 Å². The molecule has 0 saturated carbocycles. The van der Waals surface area contributed by atoms with Crippen LogP contribution in [-0.2, 0) is 11.3 Å². The van der Waals surface area contributed by atoms with Crippen LogP contribution >= 0.6 is 0 Å². The number of rotatable bonds is 8. The normalized spacial score (nSPS) is 15.7. The molecule has 1 aliphatic carbocycles. The molecule has 192 valence electrons. The Morgan fingerprint density at radius 1 is 0.912 bits per heavy atom. The molecule has 0 bridgehead atoms. The summed E-state index contributed by atoms with van der Waals surface area (Å²) in [6.07, 6.45) is 17.0. The summed E-state index contributed by atoms with van der Waals surface area (Å²) >= 11 is 0. The summed E-state index contributed by atoms with van der Waals surface area (Å²) in [5.41, 5.74) is 7.06. The molecule has 0 atom stereocenters. The van der Waals surface area contributed by atoms with Gasteiger partial charge in [-0.2, -0.15) is 0 Å². The van der Waals surface area contributed by atoms with Crippen molar-refractivity contribution in [3.8, 4) is 0 Å². The Balaban J connectivity index is 0. The lowest BCUT2D eigenvalue weighted by Gasteiger charge is -2.32. The van der Waals surface area contributed by atoms with E-state index in [0.29, 0.717) is 18.6 Å². The van der Waals surface area contributed by atoms with Crippen molar-refractivity contribution in [1.29, 1.82) is 0 Å². The molecular formula is C33H54O. The molecule has 0 saturated heterocycles. The van der Waals surface area contributed by atoms with E-state index in [1.54, 1.807) is 5.57 Å². The largest absolute Gasteiger partial charge is 0.373 e. The molecular weight excluding hydrogens is 412 g/mol. The fraction of sp³-hybridized carbons (Fsp3) is 0.515. The first-order valence-electron chi connectivity index (χ1n) is 13.4. The summed E-state index contributed by atoms with van der Waals surface area (Å²) in [6, 6.07) is 10.3. The zero-order valence-electron chi connectivity index (χ0n) is 24.3. The summed E-state index contributed by atoms with van der Waals surface area (Å²) in [5, 5.41) is 0. The van der Waals surface area contributed by atoms with Gasteiger partial charge < -0.3 is 4.74 Å². The highest BCUT2D eigenvalue weighted by Crippen LogP contribution is 2.40. The van der Waals surface area contributed by atoms with E-state index in [1.807, 2.05) is 59.7 Å². The predicted molar refractivity (Wildman–Crippen MR) is 156 cm³/mol. The van der Waals surface area contributed by atoms with Crippen molar-refractivity contribution in [2.24, 2.45) is 5.41 Å². The van der Waals surface area contributed by atoms with Crippen LogP contribution in [0.2, 0.25) is 0 Å².